The maximum Gasteiger partial charge on any atom is 0.310 e. The third-order valence-electron chi connectivity index (χ3n) is 4.49. The molecule has 2 aliphatic rings. The summed E-state index contributed by atoms with van der Waals surface area (Å²) in [5.41, 5.74) is 0. The fourth-order valence-corrected chi connectivity index (χ4v) is 5.15. The highest BCUT2D eigenvalue weighted by molar-refractivity contribution is 7.90. The van der Waals surface area contributed by atoms with Crippen molar-refractivity contribution in [1.29, 1.82) is 0 Å². The lowest BCUT2D eigenvalue weighted by Crippen LogP contribution is -2.44. The van der Waals surface area contributed by atoms with Crippen molar-refractivity contribution in [1.82, 2.24) is 4.72 Å². The number of rotatable bonds is 7. The second-order valence-corrected chi connectivity index (χ2v) is 7.98. The molecule has 2 fully saturated rings. The van der Waals surface area contributed by atoms with Crippen molar-refractivity contribution in [2.75, 3.05) is 7.11 Å². The molecule has 0 aromatic rings. The smallest absolute Gasteiger partial charge is 0.310 e. The zero-order valence-corrected chi connectivity index (χ0v) is 13.1. The number of methoxy groups -OCH3 is 1. The highest BCUT2D eigenvalue weighted by Gasteiger charge is 2.43. The molecule has 2 rings (SSSR count). The molecule has 0 spiro atoms. The van der Waals surface area contributed by atoms with E-state index >= 15 is 0 Å². The lowest BCUT2D eigenvalue weighted by Gasteiger charge is -2.23. The predicted octanol–water partition coefficient (Wildman–Crippen LogP) is 1.83. The first kappa shape index (κ1) is 15.8. The van der Waals surface area contributed by atoms with Crippen LogP contribution in [0.5, 0.6) is 0 Å². The molecular formula is C14H25NO4S. The molecule has 3 atom stereocenters. The zero-order chi connectivity index (χ0) is 14.8. The van der Waals surface area contributed by atoms with Gasteiger partial charge in [-0.1, -0.05) is 26.2 Å². The molecule has 2 aliphatic carbocycles. The van der Waals surface area contributed by atoms with Gasteiger partial charge in [-0.05, 0) is 31.6 Å². The van der Waals surface area contributed by atoms with Crippen LogP contribution in [-0.2, 0) is 19.6 Å². The quantitative estimate of drug-likeness (QED) is 0.728. The molecule has 0 aromatic carbocycles. The lowest BCUT2D eigenvalue weighted by molar-refractivity contribution is -0.145. The average molecular weight is 303 g/mol. The van der Waals surface area contributed by atoms with Gasteiger partial charge in [-0.2, -0.15) is 0 Å². The highest BCUT2D eigenvalue weighted by atomic mass is 32.2. The van der Waals surface area contributed by atoms with Gasteiger partial charge in [0.05, 0.1) is 18.3 Å². The summed E-state index contributed by atoms with van der Waals surface area (Å²) >= 11 is 0. The van der Waals surface area contributed by atoms with Gasteiger partial charge in [0, 0.05) is 6.04 Å². The van der Waals surface area contributed by atoms with Crippen molar-refractivity contribution in [3.8, 4) is 0 Å². The van der Waals surface area contributed by atoms with Gasteiger partial charge in [0.2, 0.25) is 10.0 Å². The summed E-state index contributed by atoms with van der Waals surface area (Å²) in [7, 11) is -2.13. The van der Waals surface area contributed by atoms with Gasteiger partial charge in [0.25, 0.3) is 0 Å². The van der Waals surface area contributed by atoms with Crippen LogP contribution >= 0.6 is 0 Å². The first-order valence-corrected chi connectivity index (χ1v) is 9.11. The first-order chi connectivity index (χ1) is 9.47. The van der Waals surface area contributed by atoms with Crippen molar-refractivity contribution in [2.24, 2.45) is 11.8 Å². The van der Waals surface area contributed by atoms with E-state index in [0.29, 0.717) is 18.8 Å². The molecule has 0 radical (unpaired) electrons. The Labute approximate surface area is 121 Å². The summed E-state index contributed by atoms with van der Waals surface area (Å²) in [4.78, 5) is 11.7. The number of esters is 1. The van der Waals surface area contributed by atoms with Crippen molar-refractivity contribution >= 4 is 16.0 Å². The standard InChI is InChI=1S/C14H25NO4S/c1-3-11(9-10-7-8-10)15-20(17,18)13-6-4-5-12(13)14(16)19-2/h10-13,15H,3-9H2,1-2H3. The van der Waals surface area contributed by atoms with Crippen LogP contribution in [0.15, 0.2) is 0 Å². The molecule has 0 saturated heterocycles. The molecule has 5 nitrogen and oxygen atoms in total. The number of carbonyl (C=O) groups is 1. The fraction of sp³-hybridized carbons (Fsp3) is 0.929. The molecule has 0 amide bonds. The maximum absolute atomic E-state index is 12.5. The van der Waals surface area contributed by atoms with Crippen LogP contribution in [0.3, 0.4) is 0 Å². The van der Waals surface area contributed by atoms with E-state index in [9.17, 15) is 13.2 Å². The molecular weight excluding hydrogens is 278 g/mol. The Balaban J connectivity index is 2.02. The van der Waals surface area contributed by atoms with Crippen LogP contribution in [0.25, 0.3) is 0 Å². The van der Waals surface area contributed by atoms with Gasteiger partial charge >= 0.3 is 5.97 Å². The van der Waals surface area contributed by atoms with Crippen LogP contribution in [0.2, 0.25) is 0 Å². The molecule has 0 heterocycles. The van der Waals surface area contributed by atoms with Crippen LogP contribution in [0, 0.1) is 11.8 Å². The molecule has 3 unspecified atom stereocenters. The molecule has 2 saturated carbocycles. The fourth-order valence-electron chi connectivity index (χ4n) is 3.09. The minimum atomic E-state index is -3.44. The van der Waals surface area contributed by atoms with Crippen LogP contribution in [-0.4, -0.2) is 32.8 Å². The van der Waals surface area contributed by atoms with Crippen molar-refractivity contribution < 1.29 is 17.9 Å². The summed E-state index contributed by atoms with van der Waals surface area (Å²) in [6.45, 7) is 2.00. The number of hydrogen-bond acceptors (Lipinski definition) is 4. The summed E-state index contributed by atoms with van der Waals surface area (Å²) in [6, 6.07) is 0.00592. The predicted molar refractivity (Wildman–Crippen MR) is 76.6 cm³/mol. The summed E-state index contributed by atoms with van der Waals surface area (Å²) in [5, 5.41) is -0.622. The van der Waals surface area contributed by atoms with E-state index in [0.717, 1.165) is 19.3 Å². The normalized spacial score (nSPS) is 28.3. The van der Waals surface area contributed by atoms with E-state index in [4.69, 9.17) is 4.74 Å². The Kier molecular flexibility index (Phi) is 5.07. The molecule has 1 N–H and O–H groups in total. The summed E-state index contributed by atoms with van der Waals surface area (Å²) in [6.07, 6.45) is 6.08. The van der Waals surface area contributed by atoms with Gasteiger partial charge in [-0.25, -0.2) is 13.1 Å². The van der Waals surface area contributed by atoms with E-state index in [2.05, 4.69) is 4.72 Å². The Morgan fingerprint density at radius 3 is 2.55 bits per heavy atom. The molecule has 0 aromatic heterocycles. The topological polar surface area (TPSA) is 72.5 Å². The lowest BCUT2D eigenvalue weighted by atomic mass is 10.1. The third-order valence-corrected chi connectivity index (χ3v) is 6.52. The molecule has 6 heteroatoms. The van der Waals surface area contributed by atoms with Crippen molar-refractivity contribution in [2.45, 2.75) is 63.2 Å². The summed E-state index contributed by atoms with van der Waals surface area (Å²) < 4.78 is 32.6. The largest absolute Gasteiger partial charge is 0.469 e. The first-order valence-electron chi connectivity index (χ1n) is 7.57. The van der Waals surface area contributed by atoms with E-state index in [1.54, 1.807) is 0 Å². The number of ether oxygens (including phenoxy) is 1. The molecule has 0 bridgehead atoms. The van der Waals surface area contributed by atoms with E-state index in [-0.39, 0.29) is 6.04 Å². The van der Waals surface area contributed by atoms with Gasteiger partial charge in [-0.15, -0.1) is 0 Å². The van der Waals surface area contributed by atoms with Gasteiger partial charge < -0.3 is 4.74 Å². The van der Waals surface area contributed by atoms with Crippen molar-refractivity contribution in [3.63, 3.8) is 0 Å². The van der Waals surface area contributed by atoms with Gasteiger partial charge in [-0.3, -0.25) is 4.79 Å². The second-order valence-electron chi connectivity index (χ2n) is 6.05. The SMILES string of the molecule is CCC(CC1CC1)NS(=O)(=O)C1CCCC1C(=O)OC. The Morgan fingerprint density at radius 2 is 2.00 bits per heavy atom. The minimum absolute atomic E-state index is 0.00592. The van der Waals surface area contributed by atoms with Gasteiger partial charge in [0.15, 0.2) is 0 Å². The Hall–Kier alpha value is -0.620. The second kappa shape index (κ2) is 6.43. The maximum atomic E-state index is 12.5. The minimum Gasteiger partial charge on any atom is -0.469 e. The Bertz CT molecular complexity index is 444. The Morgan fingerprint density at radius 1 is 1.30 bits per heavy atom. The highest BCUT2D eigenvalue weighted by Crippen LogP contribution is 2.35. The third kappa shape index (κ3) is 3.73. The molecule has 116 valence electrons. The van der Waals surface area contributed by atoms with E-state index in [1.165, 1.54) is 20.0 Å². The van der Waals surface area contributed by atoms with Crippen LogP contribution < -0.4 is 4.72 Å². The van der Waals surface area contributed by atoms with E-state index < -0.39 is 27.2 Å². The monoisotopic (exact) mass is 303 g/mol. The summed E-state index contributed by atoms with van der Waals surface area (Å²) in [5.74, 6) is -0.216. The van der Waals surface area contributed by atoms with E-state index in [1.807, 2.05) is 6.92 Å². The molecule has 0 aliphatic heterocycles. The molecule has 20 heavy (non-hydrogen) atoms. The number of carbonyl (C=O) groups excluding carboxylic acids is 1. The zero-order valence-electron chi connectivity index (χ0n) is 12.3. The van der Waals surface area contributed by atoms with Crippen molar-refractivity contribution in [3.05, 3.63) is 0 Å². The van der Waals surface area contributed by atoms with Gasteiger partial charge in [0.1, 0.15) is 0 Å². The average Bonchev–Trinajstić information content (AvgIpc) is 3.08. The van der Waals surface area contributed by atoms with Crippen LogP contribution in [0.4, 0.5) is 0 Å². The number of hydrogen-bond donors (Lipinski definition) is 1. The number of sulfonamides is 1. The number of nitrogens with one attached hydrogen (secondary N) is 1. The van der Waals surface area contributed by atoms with Crippen LogP contribution in [0.1, 0.15) is 51.9 Å².